The maximum atomic E-state index is 4.99. The number of aromatic nitrogens is 4. The van der Waals surface area contributed by atoms with Gasteiger partial charge in [0, 0.05) is 24.2 Å². The fourth-order valence-electron chi connectivity index (χ4n) is 3.74. The van der Waals surface area contributed by atoms with E-state index in [0.717, 1.165) is 22.6 Å². The minimum Gasteiger partial charge on any atom is -0.327 e. The monoisotopic (exact) mass is 343 g/mol. The van der Waals surface area contributed by atoms with Gasteiger partial charge in [-0.15, -0.1) is 0 Å². The van der Waals surface area contributed by atoms with Crippen LogP contribution in [-0.4, -0.2) is 14.5 Å². The average Bonchev–Trinajstić information content (AvgIpc) is 2.93. The summed E-state index contributed by atoms with van der Waals surface area (Å²) in [5.41, 5.74) is 9.47. The Bertz CT molecular complexity index is 1140. The SMILES string of the molecule is Cc1cc(C)c2nc(-c3cccc(-c4ccnc[n+]4C)c3C)n(C)c2c1. The van der Waals surface area contributed by atoms with Crippen LogP contribution in [0.5, 0.6) is 0 Å². The average molecular weight is 343 g/mol. The summed E-state index contributed by atoms with van der Waals surface area (Å²) >= 11 is 0. The predicted molar refractivity (Wildman–Crippen MR) is 105 cm³/mol. The van der Waals surface area contributed by atoms with Crippen molar-refractivity contribution in [3.8, 4) is 22.6 Å². The molecule has 0 fully saturated rings. The van der Waals surface area contributed by atoms with E-state index in [1.807, 2.05) is 19.6 Å². The molecule has 0 aliphatic heterocycles. The first-order valence-electron chi connectivity index (χ1n) is 8.81. The van der Waals surface area contributed by atoms with Crippen molar-refractivity contribution in [3.05, 3.63) is 65.6 Å². The van der Waals surface area contributed by atoms with Gasteiger partial charge in [0.1, 0.15) is 17.7 Å². The van der Waals surface area contributed by atoms with E-state index in [1.165, 1.54) is 27.8 Å². The van der Waals surface area contributed by atoms with Gasteiger partial charge in [0.2, 0.25) is 0 Å². The Labute approximate surface area is 153 Å². The van der Waals surface area contributed by atoms with Crippen LogP contribution in [0.4, 0.5) is 0 Å². The molecular formula is C22H23N4+. The maximum Gasteiger partial charge on any atom is 0.286 e. The van der Waals surface area contributed by atoms with E-state index >= 15 is 0 Å². The maximum absolute atomic E-state index is 4.99. The molecule has 2 aromatic carbocycles. The molecule has 2 aromatic heterocycles. The minimum absolute atomic E-state index is 1.00. The van der Waals surface area contributed by atoms with Gasteiger partial charge in [-0.25, -0.2) is 9.55 Å². The van der Waals surface area contributed by atoms with Crippen molar-refractivity contribution in [2.24, 2.45) is 14.1 Å². The van der Waals surface area contributed by atoms with Crippen LogP contribution in [0.15, 0.2) is 48.9 Å². The second-order valence-corrected chi connectivity index (χ2v) is 7.00. The summed E-state index contributed by atoms with van der Waals surface area (Å²) in [5, 5.41) is 0. The lowest BCUT2D eigenvalue weighted by Crippen LogP contribution is -2.31. The Hall–Kier alpha value is -3.01. The molecule has 4 aromatic rings. The summed E-state index contributed by atoms with van der Waals surface area (Å²) in [5.74, 6) is 1.00. The van der Waals surface area contributed by atoms with Crippen molar-refractivity contribution in [1.82, 2.24) is 14.5 Å². The lowest BCUT2D eigenvalue weighted by molar-refractivity contribution is -0.663. The van der Waals surface area contributed by atoms with Crippen molar-refractivity contribution in [3.63, 3.8) is 0 Å². The Kier molecular flexibility index (Phi) is 3.83. The van der Waals surface area contributed by atoms with Gasteiger partial charge in [0.25, 0.3) is 6.33 Å². The van der Waals surface area contributed by atoms with E-state index in [0.29, 0.717) is 0 Å². The highest BCUT2D eigenvalue weighted by molar-refractivity contribution is 5.85. The number of hydrogen-bond acceptors (Lipinski definition) is 2. The van der Waals surface area contributed by atoms with Crippen LogP contribution in [0.25, 0.3) is 33.7 Å². The molecule has 4 rings (SSSR count). The number of fused-ring (bicyclic) bond motifs is 1. The van der Waals surface area contributed by atoms with Crippen LogP contribution in [0.2, 0.25) is 0 Å². The van der Waals surface area contributed by atoms with Gasteiger partial charge in [-0.2, -0.15) is 0 Å². The van der Waals surface area contributed by atoms with Crippen molar-refractivity contribution in [2.45, 2.75) is 20.8 Å². The lowest BCUT2D eigenvalue weighted by atomic mass is 9.99. The third-order valence-corrected chi connectivity index (χ3v) is 5.11. The molecule has 0 radical (unpaired) electrons. The lowest BCUT2D eigenvalue weighted by Gasteiger charge is -2.11. The molecule has 0 aliphatic rings. The first-order chi connectivity index (χ1) is 12.5. The summed E-state index contributed by atoms with van der Waals surface area (Å²) in [7, 11) is 4.12. The Balaban J connectivity index is 1.97. The van der Waals surface area contributed by atoms with E-state index in [9.17, 15) is 0 Å². The molecule has 130 valence electrons. The van der Waals surface area contributed by atoms with Gasteiger partial charge >= 0.3 is 0 Å². The zero-order valence-corrected chi connectivity index (χ0v) is 15.9. The molecule has 4 heteroatoms. The van der Waals surface area contributed by atoms with E-state index in [-0.39, 0.29) is 0 Å². The molecule has 0 aliphatic carbocycles. The second-order valence-electron chi connectivity index (χ2n) is 7.00. The first kappa shape index (κ1) is 16.5. The highest BCUT2D eigenvalue weighted by Crippen LogP contribution is 2.32. The number of nitrogens with zero attached hydrogens (tertiary/aromatic N) is 4. The molecule has 0 N–H and O–H groups in total. The van der Waals surface area contributed by atoms with Gasteiger partial charge in [-0.3, -0.25) is 0 Å². The standard InChI is InChI=1S/C22H23N4/c1-14-11-15(2)21-20(12-14)26(5)22(24-21)18-8-6-7-17(16(18)3)19-9-10-23-13-25(19)4/h6-13H,1-5H3/q+1. The fourth-order valence-corrected chi connectivity index (χ4v) is 3.74. The number of imidazole rings is 1. The molecule has 0 saturated carbocycles. The predicted octanol–water partition coefficient (Wildman–Crippen LogP) is 4.05. The van der Waals surface area contributed by atoms with Gasteiger partial charge in [-0.05, 0) is 43.5 Å². The molecule has 0 bridgehead atoms. The van der Waals surface area contributed by atoms with Crippen molar-refractivity contribution in [1.29, 1.82) is 0 Å². The quantitative estimate of drug-likeness (QED) is 0.515. The van der Waals surface area contributed by atoms with Crippen LogP contribution in [0, 0.1) is 20.8 Å². The minimum atomic E-state index is 1.00. The fraction of sp³-hybridized carbons (Fsp3) is 0.227. The Morgan fingerprint density at radius 2 is 1.77 bits per heavy atom. The summed E-state index contributed by atoms with van der Waals surface area (Å²) in [6.07, 6.45) is 3.67. The highest BCUT2D eigenvalue weighted by Gasteiger charge is 2.17. The van der Waals surface area contributed by atoms with Crippen LogP contribution >= 0.6 is 0 Å². The molecule has 4 nitrogen and oxygen atoms in total. The molecule has 0 spiro atoms. The molecule has 2 heterocycles. The number of aryl methyl sites for hydroxylation is 4. The molecule has 0 atom stereocenters. The van der Waals surface area contributed by atoms with Gasteiger partial charge in [0.05, 0.1) is 18.1 Å². The largest absolute Gasteiger partial charge is 0.327 e. The number of hydrogen-bond donors (Lipinski definition) is 0. The topological polar surface area (TPSA) is 34.6 Å². The van der Waals surface area contributed by atoms with Crippen molar-refractivity contribution >= 4 is 11.0 Å². The summed E-state index contributed by atoms with van der Waals surface area (Å²) < 4.78 is 4.25. The highest BCUT2D eigenvalue weighted by atomic mass is 15.1. The van der Waals surface area contributed by atoms with Gasteiger partial charge < -0.3 is 4.57 Å². The Morgan fingerprint density at radius 1 is 1.00 bits per heavy atom. The van der Waals surface area contributed by atoms with Crippen molar-refractivity contribution in [2.75, 3.05) is 0 Å². The van der Waals surface area contributed by atoms with Crippen LogP contribution in [0.3, 0.4) is 0 Å². The smallest absolute Gasteiger partial charge is 0.286 e. The summed E-state index contributed by atoms with van der Waals surface area (Å²) in [6, 6.07) is 12.9. The molecule has 26 heavy (non-hydrogen) atoms. The normalized spacial score (nSPS) is 11.3. The third kappa shape index (κ3) is 2.49. The molecule has 0 amide bonds. The van der Waals surface area contributed by atoms with E-state index in [1.54, 1.807) is 0 Å². The number of benzene rings is 2. The summed E-state index contributed by atoms with van der Waals surface area (Å²) in [6.45, 7) is 6.43. The molecular weight excluding hydrogens is 320 g/mol. The van der Waals surface area contributed by atoms with Crippen LogP contribution in [0.1, 0.15) is 16.7 Å². The van der Waals surface area contributed by atoms with Crippen LogP contribution < -0.4 is 4.57 Å². The van der Waals surface area contributed by atoms with Gasteiger partial charge in [-0.1, -0.05) is 29.2 Å². The first-order valence-corrected chi connectivity index (χ1v) is 8.81. The van der Waals surface area contributed by atoms with Crippen LogP contribution in [-0.2, 0) is 14.1 Å². The number of rotatable bonds is 2. The van der Waals surface area contributed by atoms with Gasteiger partial charge in [0.15, 0.2) is 0 Å². The third-order valence-electron chi connectivity index (χ3n) is 5.11. The van der Waals surface area contributed by atoms with E-state index in [2.05, 4.69) is 78.3 Å². The second kappa shape index (κ2) is 6.06. The zero-order chi connectivity index (χ0) is 18.4. The molecule has 0 saturated heterocycles. The van der Waals surface area contributed by atoms with E-state index in [4.69, 9.17) is 4.98 Å². The van der Waals surface area contributed by atoms with E-state index < -0.39 is 0 Å². The zero-order valence-electron chi connectivity index (χ0n) is 15.9. The summed E-state index contributed by atoms with van der Waals surface area (Å²) in [4.78, 5) is 9.17. The van der Waals surface area contributed by atoms with Crippen molar-refractivity contribution < 1.29 is 4.57 Å². The Morgan fingerprint density at radius 3 is 2.54 bits per heavy atom. The molecule has 0 unspecified atom stereocenters.